The predicted molar refractivity (Wildman–Crippen MR) is 143 cm³/mol. The van der Waals surface area contributed by atoms with E-state index in [9.17, 15) is 5.26 Å². The molecule has 1 aromatic heterocycles. The molecule has 1 atom stereocenters. The average molecular weight is 457 g/mol. The number of unbranched alkanes of at least 4 members (excludes halogenated alkanes) is 4. The molecule has 0 spiro atoms. The number of hydrogen-bond acceptors (Lipinski definition) is 2. The van der Waals surface area contributed by atoms with Gasteiger partial charge in [0.2, 0.25) is 0 Å². The van der Waals surface area contributed by atoms with E-state index < -0.39 is 0 Å². The van der Waals surface area contributed by atoms with Gasteiger partial charge in [0.25, 0.3) is 0 Å². The number of rotatable bonds is 11. The third-order valence-corrected chi connectivity index (χ3v) is 8.43. The lowest BCUT2D eigenvalue weighted by Gasteiger charge is -2.30. The maximum Gasteiger partial charge on any atom is 0.100 e. The number of fused-ring (bicyclic) bond motifs is 1. The number of nitrogens with zero attached hydrogens (tertiary/aromatic N) is 2. The fourth-order valence-corrected chi connectivity index (χ4v) is 6.57. The first-order chi connectivity index (χ1) is 16.7. The van der Waals surface area contributed by atoms with Crippen LogP contribution in [0.2, 0.25) is 0 Å². The summed E-state index contributed by atoms with van der Waals surface area (Å²) < 4.78 is 0. The number of aromatic nitrogens is 1. The van der Waals surface area contributed by atoms with E-state index in [1.807, 2.05) is 0 Å². The second-order valence-electron chi connectivity index (χ2n) is 10.9. The van der Waals surface area contributed by atoms with Crippen molar-refractivity contribution in [2.45, 2.75) is 122 Å². The van der Waals surface area contributed by atoms with E-state index in [1.165, 1.54) is 98.6 Å². The molecule has 0 bridgehead atoms. The first-order valence-electron chi connectivity index (χ1n) is 14.2. The molecule has 2 nitrogen and oxygen atoms in total. The Balaban J connectivity index is 1.83. The first kappa shape index (κ1) is 25.0. The van der Waals surface area contributed by atoms with Crippen LogP contribution in [0.5, 0.6) is 0 Å². The zero-order valence-electron chi connectivity index (χ0n) is 21.7. The van der Waals surface area contributed by atoms with Gasteiger partial charge >= 0.3 is 0 Å². The van der Waals surface area contributed by atoms with Crippen LogP contribution in [0.1, 0.15) is 120 Å². The van der Waals surface area contributed by atoms with Crippen LogP contribution in [0, 0.1) is 17.2 Å². The molecule has 4 rings (SSSR count). The van der Waals surface area contributed by atoms with Crippen molar-refractivity contribution in [1.82, 2.24) is 4.98 Å². The monoisotopic (exact) mass is 456 g/mol. The lowest BCUT2D eigenvalue weighted by molar-refractivity contribution is 0.286. The minimum atomic E-state index is -0.387. The van der Waals surface area contributed by atoms with Crippen molar-refractivity contribution in [3.63, 3.8) is 0 Å². The van der Waals surface area contributed by atoms with E-state index in [4.69, 9.17) is 4.98 Å². The molecule has 0 amide bonds. The molecule has 1 aromatic carbocycles. The lowest BCUT2D eigenvalue weighted by Crippen LogP contribution is -2.27. The largest absolute Gasteiger partial charge is 0.256 e. The summed E-state index contributed by atoms with van der Waals surface area (Å²) in [5, 5.41) is 10.6. The van der Waals surface area contributed by atoms with Gasteiger partial charge in [0.05, 0.1) is 11.8 Å². The number of hydrogen-bond donors (Lipinski definition) is 0. The predicted octanol–water partition coefficient (Wildman–Crippen LogP) is 8.89. The van der Waals surface area contributed by atoms with Gasteiger partial charge < -0.3 is 0 Å². The normalized spacial score (nSPS) is 20.3. The highest BCUT2D eigenvalue weighted by Crippen LogP contribution is 2.49. The SMILES string of the molecule is CCCCCc1nc2c(c(-c3ccccc3)c1CCCCC)CCC2(C#N)CC1CCCCC1. The minimum Gasteiger partial charge on any atom is -0.256 e. The van der Waals surface area contributed by atoms with Crippen molar-refractivity contribution in [3.8, 4) is 17.2 Å². The molecule has 1 unspecified atom stereocenters. The van der Waals surface area contributed by atoms with Gasteiger partial charge in [-0.3, -0.25) is 4.98 Å². The zero-order chi connectivity index (χ0) is 23.8. The Labute approximate surface area is 208 Å². The van der Waals surface area contributed by atoms with Crippen LogP contribution in [0.4, 0.5) is 0 Å². The molecular weight excluding hydrogens is 412 g/mol. The van der Waals surface area contributed by atoms with Crippen LogP contribution in [0.3, 0.4) is 0 Å². The molecule has 34 heavy (non-hydrogen) atoms. The van der Waals surface area contributed by atoms with Crippen LogP contribution in [0.15, 0.2) is 30.3 Å². The van der Waals surface area contributed by atoms with Crippen molar-refractivity contribution >= 4 is 0 Å². The average Bonchev–Trinajstić information content (AvgIpc) is 3.23. The van der Waals surface area contributed by atoms with Crippen LogP contribution in [0.25, 0.3) is 11.1 Å². The van der Waals surface area contributed by atoms with Crippen molar-refractivity contribution < 1.29 is 0 Å². The Bertz CT molecular complexity index is 965. The van der Waals surface area contributed by atoms with Gasteiger partial charge in [-0.1, -0.05) is 102 Å². The maximum atomic E-state index is 10.6. The highest BCUT2D eigenvalue weighted by atomic mass is 14.8. The van der Waals surface area contributed by atoms with E-state index in [0.717, 1.165) is 37.8 Å². The summed E-state index contributed by atoms with van der Waals surface area (Å²) in [7, 11) is 0. The van der Waals surface area contributed by atoms with Gasteiger partial charge in [0, 0.05) is 5.69 Å². The minimum absolute atomic E-state index is 0.387. The fourth-order valence-electron chi connectivity index (χ4n) is 6.57. The molecule has 0 saturated heterocycles. The molecule has 182 valence electrons. The summed E-state index contributed by atoms with van der Waals surface area (Å²) in [5.41, 5.74) is 7.72. The summed E-state index contributed by atoms with van der Waals surface area (Å²) in [6.45, 7) is 4.56. The molecule has 0 aliphatic heterocycles. The van der Waals surface area contributed by atoms with E-state index in [-0.39, 0.29) is 5.41 Å². The molecule has 1 saturated carbocycles. The van der Waals surface area contributed by atoms with Gasteiger partial charge in [-0.15, -0.1) is 0 Å². The summed E-state index contributed by atoms with van der Waals surface area (Å²) in [6, 6.07) is 13.9. The molecule has 0 radical (unpaired) electrons. The van der Waals surface area contributed by atoms with E-state index in [2.05, 4.69) is 50.2 Å². The fraction of sp³-hybridized carbons (Fsp3) is 0.625. The third kappa shape index (κ3) is 5.40. The van der Waals surface area contributed by atoms with Gasteiger partial charge in [-0.25, -0.2) is 0 Å². The summed E-state index contributed by atoms with van der Waals surface area (Å²) >= 11 is 0. The Morgan fingerprint density at radius 2 is 1.65 bits per heavy atom. The van der Waals surface area contributed by atoms with Crippen molar-refractivity contribution in [3.05, 3.63) is 52.8 Å². The molecule has 1 heterocycles. The van der Waals surface area contributed by atoms with Crippen LogP contribution >= 0.6 is 0 Å². The van der Waals surface area contributed by atoms with Crippen LogP contribution < -0.4 is 0 Å². The quantitative estimate of drug-likeness (QED) is 0.316. The summed E-state index contributed by atoms with van der Waals surface area (Å²) in [5.74, 6) is 0.689. The highest BCUT2D eigenvalue weighted by Gasteiger charge is 2.44. The van der Waals surface area contributed by atoms with Gasteiger partial charge in [0.15, 0.2) is 0 Å². The number of benzene rings is 1. The van der Waals surface area contributed by atoms with Crippen molar-refractivity contribution in [1.29, 1.82) is 5.26 Å². The van der Waals surface area contributed by atoms with Crippen LogP contribution in [-0.2, 0) is 24.7 Å². The number of pyridine rings is 1. The third-order valence-electron chi connectivity index (χ3n) is 8.43. The van der Waals surface area contributed by atoms with Gasteiger partial charge in [-0.2, -0.15) is 5.26 Å². The van der Waals surface area contributed by atoms with Gasteiger partial charge in [-0.05, 0) is 73.1 Å². The van der Waals surface area contributed by atoms with Crippen LogP contribution in [-0.4, -0.2) is 4.98 Å². The number of nitriles is 1. The molecule has 2 aliphatic carbocycles. The summed E-state index contributed by atoms with van der Waals surface area (Å²) in [6.07, 6.45) is 19.2. The smallest absolute Gasteiger partial charge is 0.100 e. The van der Waals surface area contributed by atoms with E-state index in [1.54, 1.807) is 0 Å². The lowest BCUT2D eigenvalue weighted by atomic mass is 9.73. The molecule has 1 fully saturated rings. The molecule has 2 aromatic rings. The zero-order valence-corrected chi connectivity index (χ0v) is 21.7. The second kappa shape index (κ2) is 12.0. The topological polar surface area (TPSA) is 36.7 Å². The Morgan fingerprint density at radius 3 is 2.32 bits per heavy atom. The van der Waals surface area contributed by atoms with Crippen molar-refractivity contribution in [2.75, 3.05) is 0 Å². The Morgan fingerprint density at radius 1 is 0.941 bits per heavy atom. The molecular formula is C32H44N2. The maximum absolute atomic E-state index is 10.6. The Hall–Kier alpha value is -2.14. The van der Waals surface area contributed by atoms with E-state index in [0.29, 0.717) is 5.92 Å². The number of aryl methyl sites for hydroxylation is 1. The van der Waals surface area contributed by atoms with Gasteiger partial charge in [0.1, 0.15) is 5.41 Å². The molecule has 2 aliphatic rings. The highest BCUT2D eigenvalue weighted by molar-refractivity contribution is 5.74. The first-order valence-corrected chi connectivity index (χ1v) is 14.2. The van der Waals surface area contributed by atoms with Crippen molar-refractivity contribution in [2.24, 2.45) is 5.92 Å². The molecule has 2 heteroatoms. The second-order valence-corrected chi connectivity index (χ2v) is 10.9. The standard InChI is InChI=1S/C32H44N2/c1-3-5-9-19-27-29(20-10-6-4-2)34-31-28(30(27)26-17-13-8-14-18-26)21-22-32(31,24-33)23-25-15-11-7-12-16-25/h8,13-14,17-18,25H,3-7,9-12,15-16,19-23H2,1-2H3. The summed E-state index contributed by atoms with van der Waals surface area (Å²) in [4.78, 5) is 5.46. The Kier molecular flexibility index (Phi) is 8.82. The molecule has 0 N–H and O–H groups in total. The van der Waals surface area contributed by atoms with E-state index >= 15 is 0 Å².